The number of primary amides is 1. The van der Waals surface area contributed by atoms with Crippen LogP contribution in [0.25, 0.3) is 11.1 Å². The molecule has 2 aromatic rings. The average Bonchev–Trinajstić information content (AvgIpc) is 2.90. The lowest BCUT2D eigenvalue weighted by Crippen LogP contribution is -2.63. The number of likely N-dealkylation sites (N-methyl/N-ethyl adjacent to an activating group) is 1. The number of amides is 1. The molecule has 0 spiro atoms. The van der Waals surface area contributed by atoms with Crippen LogP contribution in [0.5, 0.6) is 5.75 Å². The van der Waals surface area contributed by atoms with E-state index < -0.39 is 58.0 Å². The van der Waals surface area contributed by atoms with Crippen molar-refractivity contribution >= 4 is 17.5 Å². The number of phenolic OH excluding ortho intramolecular Hbond substituents is 1. The third-order valence-electron chi connectivity index (χ3n) is 9.08. The lowest BCUT2D eigenvalue weighted by Gasteiger charge is -2.50. The van der Waals surface area contributed by atoms with Crippen LogP contribution >= 0.6 is 0 Å². The van der Waals surface area contributed by atoms with Gasteiger partial charge in [-0.25, -0.2) is 0 Å². The van der Waals surface area contributed by atoms with E-state index in [1.807, 2.05) is 24.3 Å². The summed E-state index contributed by atoms with van der Waals surface area (Å²) in [5, 5.41) is 45.5. The third kappa shape index (κ3) is 4.08. The minimum Gasteiger partial charge on any atom is -0.510 e. The second-order valence-corrected chi connectivity index (χ2v) is 12.8. The Morgan fingerprint density at radius 1 is 1.10 bits per heavy atom. The molecule has 0 saturated carbocycles. The molecule has 0 aromatic heterocycles. The average molecular weight is 576 g/mol. The molecule has 42 heavy (non-hydrogen) atoms. The van der Waals surface area contributed by atoms with Gasteiger partial charge in [-0.15, -0.1) is 0 Å². The number of allylic oxidation sites excluding steroid dienone is 1. The van der Waals surface area contributed by atoms with Gasteiger partial charge in [-0.2, -0.15) is 0 Å². The highest BCUT2D eigenvalue weighted by molar-refractivity contribution is 6.25. The zero-order valence-electron chi connectivity index (χ0n) is 24.4. The maximum atomic E-state index is 14.1. The summed E-state index contributed by atoms with van der Waals surface area (Å²) in [5.41, 5.74) is 11.0. The SMILES string of the molecule is CN(C)C1C(O)=C(C(N)=O)C(=O)[C@@]2(O)C(O)=C3C(=O)c4c(O)c(CN)cc(-c5ccc(C(C)(C)C)cc5)c4C[C@H]3C[C@H]12. The van der Waals surface area contributed by atoms with Crippen LogP contribution in [0.3, 0.4) is 0 Å². The molecule has 0 fully saturated rings. The molecule has 8 N–H and O–H groups in total. The Morgan fingerprint density at radius 3 is 2.24 bits per heavy atom. The van der Waals surface area contributed by atoms with E-state index in [2.05, 4.69) is 20.8 Å². The Morgan fingerprint density at radius 2 is 1.71 bits per heavy atom. The van der Waals surface area contributed by atoms with Gasteiger partial charge in [-0.05, 0) is 66.6 Å². The monoisotopic (exact) mass is 575 g/mol. The van der Waals surface area contributed by atoms with Crippen LogP contribution in [0, 0.1) is 11.8 Å². The smallest absolute Gasteiger partial charge is 0.255 e. The number of Topliss-reactive ketones (excluding diaryl/α,β-unsaturated/α-hetero) is 2. The second kappa shape index (κ2) is 9.79. The lowest BCUT2D eigenvalue weighted by molar-refractivity contribution is -0.148. The van der Waals surface area contributed by atoms with Crippen LogP contribution in [0.1, 0.15) is 54.2 Å². The largest absolute Gasteiger partial charge is 0.510 e. The van der Waals surface area contributed by atoms with E-state index in [1.165, 1.54) is 4.90 Å². The first-order valence-electron chi connectivity index (χ1n) is 13.9. The number of aliphatic hydroxyl groups excluding tert-OH is 2. The number of carbonyl (C=O) groups excluding carboxylic acids is 3. The molecule has 5 rings (SSSR count). The Labute approximate surface area is 243 Å². The first kappa shape index (κ1) is 29.5. The molecule has 0 heterocycles. The van der Waals surface area contributed by atoms with Crippen LogP contribution in [0.4, 0.5) is 0 Å². The number of phenols is 1. The molecule has 2 aromatic carbocycles. The molecule has 10 nitrogen and oxygen atoms in total. The minimum atomic E-state index is -2.68. The Balaban J connectivity index is 1.73. The van der Waals surface area contributed by atoms with Crippen LogP contribution < -0.4 is 11.5 Å². The quantitative estimate of drug-likeness (QED) is 0.298. The van der Waals surface area contributed by atoms with Crippen molar-refractivity contribution in [3.05, 3.63) is 75.3 Å². The molecule has 4 atom stereocenters. The molecule has 10 heteroatoms. The number of fused-ring (bicyclic) bond motifs is 3. The van der Waals surface area contributed by atoms with E-state index in [1.54, 1.807) is 20.2 Å². The summed E-state index contributed by atoms with van der Waals surface area (Å²) in [6.07, 6.45) is 0.219. The highest BCUT2D eigenvalue weighted by Crippen LogP contribution is 2.53. The minimum absolute atomic E-state index is 0.0214. The summed E-state index contributed by atoms with van der Waals surface area (Å²) in [4.78, 5) is 41.3. The van der Waals surface area contributed by atoms with E-state index in [0.717, 1.165) is 11.1 Å². The van der Waals surface area contributed by atoms with Gasteiger partial charge in [0.05, 0.1) is 11.6 Å². The second-order valence-electron chi connectivity index (χ2n) is 12.8. The van der Waals surface area contributed by atoms with Crippen molar-refractivity contribution < 1.29 is 34.8 Å². The molecule has 1 amide bonds. The molecule has 222 valence electrons. The standard InChI is InChI=1S/C32H37N3O7/c1-31(2,3)17-8-6-14(7-9-17)18-11-16(13-33)25(36)22-19(18)10-15-12-20-24(35(4)5)27(38)23(30(34)41)29(40)32(20,42)28(39)21(15)26(22)37/h6-9,11,15,20,24,36,38-39,42H,10,12-13,33H2,1-5H3,(H2,34,41)/t15-,20+,24?,32-/m0/s1. The van der Waals surface area contributed by atoms with Crippen molar-refractivity contribution in [3.8, 4) is 16.9 Å². The first-order valence-corrected chi connectivity index (χ1v) is 13.9. The summed E-state index contributed by atoms with van der Waals surface area (Å²) in [5.74, 6) is -6.83. The van der Waals surface area contributed by atoms with Crippen molar-refractivity contribution in [2.45, 2.75) is 57.2 Å². The first-order chi connectivity index (χ1) is 19.5. The van der Waals surface area contributed by atoms with E-state index in [4.69, 9.17) is 11.5 Å². The predicted octanol–water partition coefficient (Wildman–Crippen LogP) is 2.54. The summed E-state index contributed by atoms with van der Waals surface area (Å²) in [6.45, 7) is 6.26. The van der Waals surface area contributed by atoms with Crippen LogP contribution in [-0.4, -0.2) is 68.5 Å². The van der Waals surface area contributed by atoms with E-state index in [-0.39, 0.29) is 41.7 Å². The number of hydrogen-bond donors (Lipinski definition) is 6. The van der Waals surface area contributed by atoms with Gasteiger partial charge in [0, 0.05) is 23.6 Å². The lowest BCUT2D eigenvalue weighted by atomic mass is 9.58. The maximum Gasteiger partial charge on any atom is 0.255 e. The number of aliphatic hydroxyl groups is 3. The Kier molecular flexibility index (Phi) is 6.88. The van der Waals surface area contributed by atoms with Gasteiger partial charge in [0.2, 0.25) is 5.78 Å². The van der Waals surface area contributed by atoms with Crippen LogP contribution in [0.15, 0.2) is 53.0 Å². The predicted molar refractivity (Wildman–Crippen MR) is 156 cm³/mol. The number of rotatable bonds is 4. The molecule has 0 aliphatic heterocycles. The van der Waals surface area contributed by atoms with Gasteiger partial charge in [-0.1, -0.05) is 45.0 Å². The van der Waals surface area contributed by atoms with Crippen molar-refractivity contribution in [2.75, 3.05) is 14.1 Å². The molecule has 3 aliphatic rings. The van der Waals surface area contributed by atoms with Gasteiger partial charge in [-0.3, -0.25) is 19.3 Å². The fourth-order valence-electron chi connectivity index (χ4n) is 6.94. The van der Waals surface area contributed by atoms with E-state index in [9.17, 15) is 34.8 Å². The van der Waals surface area contributed by atoms with Crippen LogP contribution in [0.2, 0.25) is 0 Å². The van der Waals surface area contributed by atoms with Gasteiger partial charge in [0.25, 0.3) is 5.91 Å². The zero-order chi connectivity index (χ0) is 31.0. The molecule has 0 bridgehead atoms. The van der Waals surface area contributed by atoms with Gasteiger partial charge in [0.15, 0.2) is 11.4 Å². The normalized spacial score (nSPS) is 25.9. The maximum absolute atomic E-state index is 14.1. The van der Waals surface area contributed by atoms with Gasteiger partial charge < -0.3 is 31.9 Å². The summed E-state index contributed by atoms with van der Waals surface area (Å²) >= 11 is 0. The summed E-state index contributed by atoms with van der Waals surface area (Å²) < 4.78 is 0. The zero-order valence-corrected chi connectivity index (χ0v) is 24.4. The molecule has 0 radical (unpaired) electrons. The van der Waals surface area contributed by atoms with E-state index >= 15 is 0 Å². The summed E-state index contributed by atoms with van der Waals surface area (Å²) in [7, 11) is 3.19. The number of nitrogens with two attached hydrogens (primary N) is 2. The molecular weight excluding hydrogens is 538 g/mol. The molecule has 0 saturated heterocycles. The van der Waals surface area contributed by atoms with Gasteiger partial charge >= 0.3 is 0 Å². The number of hydrogen-bond acceptors (Lipinski definition) is 9. The number of aromatic hydroxyl groups is 1. The van der Waals surface area contributed by atoms with Crippen molar-refractivity contribution in [1.82, 2.24) is 4.90 Å². The molecular formula is C32H37N3O7. The van der Waals surface area contributed by atoms with E-state index in [0.29, 0.717) is 16.7 Å². The number of ketones is 2. The van der Waals surface area contributed by atoms with Crippen LogP contribution in [-0.2, 0) is 28.0 Å². The Bertz CT molecular complexity index is 1600. The highest BCUT2D eigenvalue weighted by Gasteiger charge is 2.63. The Hall–Kier alpha value is -3.99. The summed E-state index contributed by atoms with van der Waals surface area (Å²) in [6, 6.07) is 8.65. The number of benzene rings is 2. The van der Waals surface area contributed by atoms with Crippen molar-refractivity contribution in [2.24, 2.45) is 23.3 Å². The number of carbonyl (C=O) groups is 3. The fraction of sp³-hybridized carbons (Fsp3) is 0.406. The molecule has 3 aliphatic carbocycles. The fourth-order valence-corrected chi connectivity index (χ4v) is 6.94. The topological polar surface area (TPSA) is 187 Å². The number of nitrogens with zero attached hydrogens (tertiary/aromatic N) is 1. The van der Waals surface area contributed by atoms with Crippen molar-refractivity contribution in [1.29, 1.82) is 0 Å². The highest BCUT2D eigenvalue weighted by atomic mass is 16.3. The van der Waals surface area contributed by atoms with Crippen molar-refractivity contribution in [3.63, 3.8) is 0 Å². The van der Waals surface area contributed by atoms with Gasteiger partial charge in [0.1, 0.15) is 22.8 Å². The molecule has 1 unspecified atom stereocenters. The third-order valence-corrected chi connectivity index (χ3v) is 9.08.